The van der Waals surface area contributed by atoms with Crippen LogP contribution in [0.15, 0.2) is 89.1 Å². The van der Waals surface area contributed by atoms with Crippen molar-refractivity contribution >= 4 is 22.7 Å². The van der Waals surface area contributed by atoms with E-state index in [-0.39, 0.29) is 81.1 Å². The van der Waals surface area contributed by atoms with Crippen LogP contribution in [0.3, 0.4) is 0 Å². The second-order valence-electron chi connectivity index (χ2n) is 12.1. The number of benzene rings is 4. The summed E-state index contributed by atoms with van der Waals surface area (Å²) in [5.41, 5.74) is -2.34. The summed E-state index contributed by atoms with van der Waals surface area (Å²) in [5.74, 6) is -0.321. The molecule has 298 valence electrons. The molecule has 0 fully saturated rings. The third-order valence-electron chi connectivity index (χ3n) is 8.26. The van der Waals surface area contributed by atoms with Gasteiger partial charge in [-0.15, -0.1) is 5.11 Å². The highest BCUT2D eigenvalue weighted by atomic mass is 19.4. The Morgan fingerprint density at radius 2 is 1.11 bits per heavy atom. The fourth-order valence-corrected chi connectivity index (χ4v) is 5.39. The number of fused-ring (bicyclic) bond motifs is 2. The summed E-state index contributed by atoms with van der Waals surface area (Å²) >= 11 is 0. The summed E-state index contributed by atoms with van der Waals surface area (Å²) in [5, 5.41) is 42.0. The zero-order valence-electron chi connectivity index (χ0n) is 29.0. The Hall–Kier alpha value is -5.54. The van der Waals surface area contributed by atoms with Crippen LogP contribution in [-0.4, -0.2) is 54.6 Å². The second-order valence-corrected chi connectivity index (χ2v) is 12.1. The Bertz CT molecular complexity index is 1920. The highest BCUT2D eigenvalue weighted by molar-refractivity contribution is 5.62. The molecular formula is C36H32F6N4O10. The van der Waals surface area contributed by atoms with Gasteiger partial charge >= 0.3 is 18.0 Å². The average Bonchev–Trinajstić information content (AvgIpc) is 3.15. The van der Waals surface area contributed by atoms with E-state index < -0.39 is 56.9 Å². The first kappa shape index (κ1) is 41.6. The molecule has 0 aliphatic carbocycles. The van der Waals surface area contributed by atoms with E-state index in [1.54, 1.807) is 0 Å². The molecule has 14 nitrogen and oxygen atoms in total. The molecule has 0 aromatic heterocycles. The lowest BCUT2D eigenvalue weighted by atomic mass is 10.1. The molecule has 1 heterocycles. The Kier molecular flexibility index (Phi) is 13.7. The van der Waals surface area contributed by atoms with Gasteiger partial charge < -0.3 is 28.8 Å². The fraction of sp³-hybridized carbons (Fsp3) is 0.333. The van der Waals surface area contributed by atoms with Crippen LogP contribution in [-0.2, 0) is 49.3 Å². The number of nitro groups is 2. The van der Waals surface area contributed by atoms with Crippen molar-refractivity contribution in [1.82, 2.24) is 0 Å². The van der Waals surface area contributed by atoms with Crippen LogP contribution < -0.4 is 0 Å². The highest BCUT2D eigenvalue weighted by Gasteiger charge is 2.31. The summed E-state index contributed by atoms with van der Waals surface area (Å²) < 4.78 is 108. The molecule has 0 saturated carbocycles. The van der Waals surface area contributed by atoms with Crippen molar-refractivity contribution in [2.75, 3.05) is 39.6 Å². The summed E-state index contributed by atoms with van der Waals surface area (Å²) in [7, 11) is 0. The number of phenols is 1. The quantitative estimate of drug-likeness (QED) is 0.0856. The monoisotopic (exact) mass is 794 g/mol. The lowest BCUT2D eigenvalue weighted by Crippen LogP contribution is -2.18. The molecule has 0 radical (unpaired) electrons. The number of alkyl halides is 6. The average molecular weight is 795 g/mol. The zero-order chi connectivity index (χ0) is 40.5. The molecule has 0 amide bonds. The van der Waals surface area contributed by atoms with Crippen molar-refractivity contribution in [2.24, 2.45) is 10.2 Å². The summed E-state index contributed by atoms with van der Waals surface area (Å²) in [4.78, 5) is 21.1. The van der Waals surface area contributed by atoms with Crippen LogP contribution in [0.1, 0.15) is 45.6 Å². The third-order valence-corrected chi connectivity index (χ3v) is 8.26. The standard InChI is InChI=1S/C36H32F6N4O10/c37-35(38,39)26-5-1-22(2-6-26)32-20-53-18-24-15-28(43-44-30-10-9-29(45(48)49)17-31(30)46(50)51)16-25(34(24)47)19-54-21-33(56-14-12-52-11-13-55-32)23-3-7-27(8-4-23)36(40,41)42/h1-10,15-17,32-33,47H,11-14,18-21H2/t32-,33?/m1/s1. The predicted molar refractivity (Wildman–Crippen MR) is 182 cm³/mol. The molecule has 2 bridgehead atoms. The van der Waals surface area contributed by atoms with E-state index in [0.717, 1.165) is 42.5 Å². The number of rotatable bonds is 6. The maximum Gasteiger partial charge on any atom is 0.416 e. The normalized spacial score (nSPS) is 18.2. The van der Waals surface area contributed by atoms with E-state index in [4.69, 9.17) is 23.7 Å². The van der Waals surface area contributed by atoms with Gasteiger partial charge in [-0.05, 0) is 53.6 Å². The Morgan fingerprint density at radius 1 is 0.625 bits per heavy atom. The van der Waals surface area contributed by atoms with Crippen LogP contribution in [0.5, 0.6) is 5.75 Å². The molecule has 0 spiro atoms. The Labute approximate surface area is 313 Å². The molecule has 56 heavy (non-hydrogen) atoms. The highest BCUT2D eigenvalue weighted by Crippen LogP contribution is 2.36. The molecule has 20 heteroatoms. The van der Waals surface area contributed by atoms with Crippen molar-refractivity contribution in [3.8, 4) is 5.75 Å². The molecule has 0 saturated heterocycles. The number of nitro benzene ring substituents is 2. The molecule has 4 aromatic carbocycles. The number of ether oxygens (including phenoxy) is 5. The number of azo groups is 1. The van der Waals surface area contributed by atoms with Crippen LogP contribution in [0.25, 0.3) is 0 Å². The lowest BCUT2D eigenvalue weighted by Gasteiger charge is -2.22. The molecule has 1 unspecified atom stereocenters. The first-order valence-electron chi connectivity index (χ1n) is 16.6. The third kappa shape index (κ3) is 11.3. The minimum atomic E-state index is -4.57. The van der Waals surface area contributed by atoms with E-state index >= 15 is 0 Å². The predicted octanol–water partition coefficient (Wildman–Crippen LogP) is 9.24. The molecule has 1 aliphatic heterocycles. The summed E-state index contributed by atoms with van der Waals surface area (Å²) in [6.45, 7) is -1.01. The number of phenolic OH excluding ortho intramolecular Hbond substituents is 1. The number of non-ortho nitro benzene ring substituents is 1. The SMILES string of the molecule is O=[N+]([O-])c1ccc(N=Nc2cc3c(O)c(c2)COC[C@H](c2ccc(C(F)(F)F)cc2)OCCOCCOC(c2ccc(C(F)(F)F)cc2)COC3)c([N+](=O)[O-])c1. The number of aromatic hydroxyl groups is 1. The van der Waals surface area contributed by atoms with Gasteiger partial charge in [0.15, 0.2) is 5.69 Å². The minimum absolute atomic E-state index is 0.0272. The molecular weight excluding hydrogens is 762 g/mol. The zero-order valence-corrected chi connectivity index (χ0v) is 29.0. The first-order chi connectivity index (χ1) is 26.6. The molecule has 4 aromatic rings. The molecule has 1 aliphatic rings. The van der Waals surface area contributed by atoms with E-state index in [1.165, 1.54) is 36.4 Å². The Balaban J connectivity index is 1.45. The second kappa shape index (κ2) is 18.4. The Morgan fingerprint density at radius 3 is 1.54 bits per heavy atom. The maximum absolute atomic E-state index is 13.2. The van der Waals surface area contributed by atoms with Crippen LogP contribution >= 0.6 is 0 Å². The van der Waals surface area contributed by atoms with E-state index in [9.17, 15) is 51.7 Å². The summed E-state index contributed by atoms with van der Waals surface area (Å²) in [6, 6.07) is 14.0. The van der Waals surface area contributed by atoms with Crippen molar-refractivity contribution in [2.45, 2.75) is 37.8 Å². The summed E-state index contributed by atoms with van der Waals surface area (Å²) in [6.07, 6.45) is -10.9. The number of halogens is 6. The first-order valence-corrected chi connectivity index (χ1v) is 16.6. The maximum atomic E-state index is 13.2. The number of nitrogens with zero attached hydrogens (tertiary/aromatic N) is 4. The van der Waals surface area contributed by atoms with E-state index in [0.29, 0.717) is 11.1 Å². The van der Waals surface area contributed by atoms with Gasteiger partial charge in [-0.1, -0.05) is 24.3 Å². The van der Waals surface area contributed by atoms with Crippen molar-refractivity contribution in [3.63, 3.8) is 0 Å². The van der Waals surface area contributed by atoms with Crippen molar-refractivity contribution in [1.29, 1.82) is 0 Å². The van der Waals surface area contributed by atoms with Crippen molar-refractivity contribution in [3.05, 3.63) is 132 Å². The van der Waals surface area contributed by atoms with Crippen LogP contribution in [0.2, 0.25) is 0 Å². The van der Waals surface area contributed by atoms with Crippen LogP contribution in [0, 0.1) is 20.2 Å². The van der Waals surface area contributed by atoms with Gasteiger partial charge in [-0.3, -0.25) is 20.2 Å². The molecule has 2 atom stereocenters. The minimum Gasteiger partial charge on any atom is -0.507 e. The topological polar surface area (TPSA) is 177 Å². The number of hydrogen-bond donors (Lipinski definition) is 1. The van der Waals surface area contributed by atoms with Gasteiger partial charge in [0.25, 0.3) is 5.69 Å². The molecule has 1 N–H and O–H groups in total. The van der Waals surface area contributed by atoms with Crippen molar-refractivity contribution < 1.29 is 65.0 Å². The molecule has 5 rings (SSSR count). The van der Waals surface area contributed by atoms with Gasteiger partial charge in [0.2, 0.25) is 0 Å². The fourth-order valence-electron chi connectivity index (χ4n) is 5.39. The number of hydrogen-bond acceptors (Lipinski definition) is 12. The lowest BCUT2D eigenvalue weighted by molar-refractivity contribution is -0.393. The van der Waals surface area contributed by atoms with Crippen LogP contribution in [0.4, 0.5) is 49.1 Å². The van der Waals surface area contributed by atoms with Gasteiger partial charge in [-0.2, -0.15) is 31.5 Å². The van der Waals surface area contributed by atoms with Gasteiger partial charge in [0.05, 0.1) is 85.6 Å². The van der Waals surface area contributed by atoms with Gasteiger partial charge in [0, 0.05) is 17.2 Å². The van der Waals surface area contributed by atoms with Gasteiger partial charge in [-0.25, -0.2) is 0 Å². The largest absolute Gasteiger partial charge is 0.507 e. The van der Waals surface area contributed by atoms with E-state index in [2.05, 4.69) is 10.2 Å². The smallest absolute Gasteiger partial charge is 0.416 e. The van der Waals surface area contributed by atoms with E-state index in [1.807, 2.05) is 0 Å². The van der Waals surface area contributed by atoms with Gasteiger partial charge in [0.1, 0.15) is 18.0 Å².